The van der Waals surface area contributed by atoms with Gasteiger partial charge >= 0.3 is 0 Å². The molecule has 8 heteroatoms. The van der Waals surface area contributed by atoms with E-state index in [2.05, 4.69) is 17.4 Å². The molecule has 0 saturated heterocycles. The van der Waals surface area contributed by atoms with Gasteiger partial charge in [-0.25, -0.2) is 8.42 Å². The van der Waals surface area contributed by atoms with Crippen LogP contribution in [0, 0.1) is 0 Å². The lowest BCUT2D eigenvalue weighted by molar-refractivity contribution is -0.120. The molecule has 0 saturated carbocycles. The third-order valence-corrected chi connectivity index (χ3v) is 6.73. The number of amides is 1. The summed E-state index contributed by atoms with van der Waals surface area (Å²) < 4.78 is 36.4. The molecule has 0 fully saturated rings. The maximum absolute atomic E-state index is 12.8. The minimum absolute atomic E-state index is 0.230. The topological polar surface area (TPSA) is 84.9 Å². The Kier molecular flexibility index (Phi) is 7.10. The number of carbonyl (C=O) groups is 1. The number of benzene rings is 2. The average molecular weight is 447 g/mol. The number of nitrogens with one attached hydrogen (secondary N) is 1. The molecule has 1 atom stereocenters. The zero-order valence-corrected chi connectivity index (χ0v) is 19.3. The summed E-state index contributed by atoms with van der Waals surface area (Å²) in [5.74, 6) is 0.479. The number of ether oxygens (including phenoxy) is 2. The molecular weight excluding hydrogens is 416 g/mol. The van der Waals surface area contributed by atoms with Crippen LogP contribution in [-0.2, 0) is 27.7 Å². The molecule has 7 nitrogen and oxygen atoms in total. The van der Waals surface area contributed by atoms with Gasteiger partial charge in [0.15, 0.2) is 11.5 Å². The second kappa shape index (κ2) is 9.60. The van der Waals surface area contributed by atoms with Crippen molar-refractivity contribution in [3.05, 3.63) is 53.1 Å². The molecule has 0 bridgehead atoms. The quantitative estimate of drug-likeness (QED) is 0.673. The molecule has 1 aliphatic rings. The summed E-state index contributed by atoms with van der Waals surface area (Å²) in [6.07, 6.45) is 5.64. The van der Waals surface area contributed by atoms with Crippen LogP contribution in [0.25, 0.3) is 0 Å². The molecular formula is C23H30N2O5S. The lowest BCUT2D eigenvalue weighted by Gasteiger charge is -2.24. The molecule has 2 aromatic carbocycles. The summed E-state index contributed by atoms with van der Waals surface area (Å²) in [5, 5.41) is 2.93. The Bertz CT molecular complexity index is 1050. The maximum atomic E-state index is 12.8. The van der Waals surface area contributed by atoms with Gasteiger partial charge in [0, 0.05) is 6.07 Å². The van der Waals surface area contributed by atoms with Crippen LogP contribution in [0.15, 0.2) is 36.4 Å². The predicted octanol–water partition coefficient (Wildman–Crippen LogP) is 3.23. The number of fused-ring (bicyclic) bond motifs is 1. The van der Waals surface area contributed by atoms with Crippen LogP contribution in [0.4, 0.5) is 5.69 Å². The summed E-state index contributed by atoms with van der Waals surface area (Å²) >= 11 is 0. The Hall–Kier alpha value is -2.74. The number of aryl methyl sites for hydroxylation is 2. The van der Waals surface area contributed by atoms with Crippen molar-refractivity contribution < 1.29 is 22.7 Å². The zero-order valence-electron chi connectivity index (χ0n) is 18.5. The summed E-state index contributed by atoms with van der Waals surface area (Å²) in [6.45, 7) is 1.58. The van der Waals surface area contributed by atoms with E-state index in [1.807, 2.05) is 13.0 Å². The van der Waals surface area contributed by atoms with Crippen LogP contribution in [0.3, 0.4) is 0 Å². The molecule has 1 N–H and O–H groups in total. The van der Waals surface area contributed by atoms with E-state index in [1.54, 1.807) is 18.2 Å². The Balaban J connectivity index is 1.76. The summed E-state index contributed by atoms with van der Waals surface area (Å²) in [5.41, 5.74) is 4.07. The van der Waals surface area contributed by atoms with Gasteiger partial charge in [-0.15, -0.1) is 0 Å². The van der Waals surface area contributed by atoms with Crippen LogP contribution >= 0.6 is 0 Å². The van der Waals surface area contributed by atoms with Gasteiger partial charge in [-0.05, 0) is 61.4 Å². The van der Waals surface area contributed by atoms with Crippen molar-refractivity contribution in [1.29, 1.82) is 0 Å². The van der Waals surface area contributed by atoms with E-state index in [0.29, 0.717) is 17.2 Å². The molecule has 2 aromatic rings. The van der Waals surface area contributed by atoms with E-state index in [9.17, 15) is 13.2 Å². The molecule has 0 heterocycles. The second-order valence-electron chi connectivity index (χ2n) is 7.83. The molecule has 0 aliphatic heterocycles. The number of hydrogen-bond acceptors (Lipinski definition) is 5. The molecule has 3 rings (SSSR count). The Morgan fingerprint density at radius 2 is 1.71 bits per heavy atom. The van der Waals surface area contributed by atoms with Gasteiger partial charge in [-0.3, -0.25) is 9.10 Å². The van der Waals surface area contributed by atoms with Crippen LogP contribution in [0.5, 0.6) is 11.5 Å². The fraction of sp³-hybridized carbons (Fsp3) is 0.435. The number of nitrogens with zero attached hydrogens (tertiary/aromatic N) is 1. The lowest BCUT2D eigenvalue weighted by Crippen LogP contribution is -2.41. The number of anilines is 1. The van der Waals surface area contributed by atoms with Crippen molar-refractivity contribution in [2.45, 2.75) is 38.6 Å². The monoisotopic (exact) mass is 446 g/mol. The number of rotatable bonds is 8. The number of carbonyl (C=O) groups excluding carboxylic acids is 1. The smallest absolute Gasteiger partial charge is 0.241 e. The van der Waals surface area contributed by atoms with Crippen LogP contribution in [0.1, 0.15) is 42.5 Å². The lowest BCUT2D eigenvalue weighted by atomic mass is 9.89. The van der Waals surface area contributed by atoms with E-state index in [1.165, 1.54) is 38.2 Å². The highest BCUT2D eigenvalue weighted by atomic mass is 32.2. The Labute approximate surface area is 184 Å². The number of methoxy groups -OCH3 is 2. The van der Waals surface area contributed by atoms with E-state index in [4.69, 9.17) is 9.47 Å². The van der Waals surface area contributed by atoms with Crippen molar-refractivity contribution in [2.75, 3.05) is 31.3 Å². The molecule has 1 amide bonds. The summed E-state index contributed by atoms with van der Waals surface area (Å²) in [7, 11) is -0.721. The first-order valence-electron chi connectivity index (χ1n) is 10.3. The maximum Gasteiger partial charge on any atom is 0.241 e. The van der Waals surface area contributed by atoms with Gasteiger partial charge in [0.05, 0.1) is 32.2 Å². The summed E-state index contributed by atoms with van der Waals surface area (Å²) in [4.78, 5) is 12.8. The predicted molar refractivity (Wildman–Crippen MR) is 121 cm³/mol. The molecule has 31 heavy (non-hydrogen) atoms. The van der Waals surface area contributed by atoms with Crippen molar-refractivity contribution >= 4 is 21.6 Å². The Morgan fingerprint density at radius 3 is 2.35 bits per heavy atom. The molecule has 0 aromatic heterocycles. The first kappa shape index (κ1) is 22.9. The highest BCUT2D eigenvalue weighted by molar-refractivity contribution is 7.92. The van der Waals surface area contributed by atoms with Gasteiger partial charge < -0.3 is 14.8 Å². The van der Waals surface area contributed by atoms with Crippen molar-refractivity contribution in [1.82, 2.24) is 5.32 Å². The normalized spacial score (nSPS) is 14.3. The largest absolute Gasteiger partial charge is 0.493 e. The SMILES string of the molecule is COc1ccc(N(CC(=O)N[C@H](C)c2ccc3c(c2)CCCC3)S(C)(=O)=O)cc1OC. The molecule has 0 spiro atoms. The van der Waals surface area contributed by atoms with E-state index in [-0.39, 0.29) is 18.5 Å². The van der Waals surface area contributed by atoms with Gasteiger partial charge in [0.25, 0.3) is 0 Å². The van der Waals surface area contributed by atoms with Gasteiger partial charge in [0.2, 0.25) is 15.9 Å². The molecule has 0 unspecified atom stereocenters. The van der Waals surface area contributed by atoms with Crippen molar-refractivity contribution in [3.8, 4) is 11.5 Å². The van der Waals surface area contributed by atoms with E-state index >= 15 is 0 Å². The van der Waals surface area contributed by atoms with E-state index < -0.39 is 10.0 Å². The summed E-state index contributed by atoms with van der Waals surface area (Å²) in [6, 6.07) is 10.8. The molecule has 1 aliphatic carbocycles. The molecule has 0 radical (unpaired) electrons. The van der Waals surface area contributed by atoms with Crippen LogP contribution in [0.2, 0.25) is 0 Å². The van der Waals surface area contributed by atoms with E-state index in [0.717, 1.165) is 29.0 Å². The number of sulfonamides is 1. The first-order chi connectivity index (χ1) is 14.7. The van der Waals surface area contributed by atoms with Gasteiger partial charge in [-0.1, -0.05) is 18.2 Å². The standard InChI is InChI=1S/C23H30N2O5S/c1-16(18-10-9-17-7-5-6-8-19(17)13-18)24-23(26)15-25(31(4,27)28)20-11-12-21(29-2)22(14-20)30-3/h9-14,16H,5-8,15H2,1-4H3,(H,24,26)/t16-/m1/s1. The fourth-order valence-electron chi connectivity index (χ4n) is 3.90. The third kappa shape index (κ3) is 5.50. The highest BCUT2D eigenvalue weighted by Gasteiger charge is 2.23. The van der Waals surface area contributed by atoms with Crippen molar-refractivity contribution in [2.24, 2.45) is 0 Å². The Morgan fingerprint density at radius 1 is 1.03 bits per heavy atom. The fourth-order valence-corrected chi connectivity index (χ4v) is 4.75. The van der Waals surface area contributed by atoms with Crippen LogP contribution < -0.4 is 19.1 Å². The zero-order chi connectivity index (χ0) is 22.6. The van der Waals surface area contributed by atoms with Gasteiger partial charge in [0.1, 0.15) is 6.54 Å². The minimum atomic E-state index is -3.69. The third-order valence-electron chi connectivity index (χ3n) is 5.59. The minimum Gasteiger partial charge on any atom is -0.493 e. The first-order valence-corrected chi connectivity index (χ1v) is 12.2. The average Bonchev–Trinajstić information content (AvgIpc) is 2.75. The number of hydrogen-bond donors (Lipinski definition) is 1. The highest BCUT2D eigenvalue weighted by Crippen LogP contribution is 2.32. The molecule has 168 valence electrons. The van der Waals surface area contributed by atoms with Crippen LogP contribution in [-0.4, -0.2) is 41.3 Å². The second-order valence-corrected chi connectivity index (χ2v) is 9.74. The van der Waals surface area contributed by atoms with Crippen molar-refractivity contribution in [3.63, 3.8) is 0 Å². The van der Waals surface area contributed by atoms with Gasteiger partial charge in [-0.2, -0.15) is 0 Å².